The number of benzene rings is 2. The van der Waals surface area contributed by atoms with E-state index in [2.05, 4.69) is 0 Å². The van der Waals surface area contributed by atoms with Crippen molar-refractivity contribution in [2.75, 3.05) is 12.0 Å². The highest BCUT2D eigenvalue weighted by atomic mass is 32.2. The number of esters is 1. The van der Waals surface area contributed by atoms with Crippen molar-refractivity contribution in [3.05, 3.63) is 87.8 Å². The Bertz CT molecular complexity index is 1290. The zero-order valence-electron chi connectivity index (χ0n) is 17.6. The van der Waals surface area contributed by atoms with Crippen molar-refractivity contribution in [3.63, 3.8) is 0 Å². The summed E-state index contributed by atoms with van der Waals surface area (Å²) in [4.78, 5) is 38.6. The molecular formula is C24H19FN2O4S. The fraction of sp³-hybridized carbons (Fsp3) is 0.125. The van der Waals surface area contributed by atoms with Gasteiger partial charge in [-0.3, -0.25) is 9.59 Å². The number of ether oxygens (including phenoxy) is 1. The summed E-state index contributed by atoms with van der Waals surface area (Å²) in [6, 6.07) is 14.6. The number of amides is 2. The molecule has 0 radical (unpaired) electrons. The first-order valence-electron chi connectivity index (χ1n) is 9.72. The summed E-state index contributed by atoms with van der Waals surface area (Å²) < 4.78 is 21.0. The van der Waals surface area contributed by atoms with E-state index >= 15 is 0 Å². The lowest BCUT2D eigenvalue weighted by Crippen LogP contribution is -2.28. The van der Waals surface area contributed by atoms with Gasteiger partial charge in [-0.1, -0.05) is 24.3 Å². The second-order valence-corrected chi connectivity index (χ2v) is 8.13. The molecule has 0 spiro atoms. The predicted octanol–water partition coefficient (Wildman–Crippen LogP) is 5.26. The highest BCUT2D eigenvalue weighted by Gasteiger charge is 2.37. The van der Waals surface area contributed by atoms with Crippen LogP contribution in [0.4, 0.5) is 14.9 Å². The molecule has 2 amide bonds. The maximum atomic E-state index is 14.2. The van der Waals surface area contributed by atoms with Gasteiger partial charge in [0.2, 0.25) is 0 Å². The molecule has 162 valence electrons. The van der Waals surface area contributed by atoms with Crippen molar-refractivity contribution in [1.29, 1.82) is 0 Å². The molecule has 0 atom stereocenters. The molecule has 0 N–H and O–H groups in total. The molecule has 0 saturated carbocycles. The smallest absolute Gasteiger partial charge is 0.339 e. The van der Waals surface area contributed by atoms with Crippen molar-refractivity contribution in [3.8, 4) is 5.69 Å². The average molecular weight is 450 g/mol. The van der Waals surface area contributed by atoms with E-state index in [1.54, 1.807) is 24.3 Å². The number of carbonyl (C=O) groups is 3. The van der Waals surface area contributed by atoms with E-state index in [0.717, 1.165) is 28.0 Å². The molecule has 1 fully saturated rings. The molecule has 1 aliphatic rings. The van der Waals surface area contributed by atoms with Crippen LogP contribution in [0.3, 0.4) is 0 Å². The van der Waals surface area contributed by atoms with Crippen LogP contribution in [0.15, 0.2) is 59.5 Å². The van der Waals surface area contributed by atoms with Gasteiger partial charge in [-0.2, -0.15) is 0 Å². The maximum Gasteiger partial charge on any atom is 0.339 e. The van der Waals surface area contributed by atoms with Crippen LogP contribution < -0.4 is 4.90 Å². The number of rotatable bonds is 4. The van der Waals surface area contributed by atoms with Crippen LogP contribution in [0, 0.1) is 19.7 Å². The highest BCUT2D eigenvalue weighted by molar-refractivity contribution is 8.19. The largest absolute Gasteiger partial charge is 0.465 e. The van der Waals surface area contributed by atoms with E-state index < -0.39 is 22.9 Å². The van der Waals surface area contributed by atoms with Crippen molar-refractivity contribution < 1.29 is 23.5 Å². The number of carbonyl (C=O) groups excluding carboxylic acids is 3. The molecular weight excluding hydrogens is 431 g/mol. The number of thioether (sulfide) groups is 1. The molecule has 8 heteroatoms. The summed E-state index contributed by atoms with van der Waals surface area (Å²) in [7, 11) is 1.32. The van der Waals surface area contributed by atoms with Crippen molar-refractivity contribution in [2.45, 2.75) is 13.8 Å². The molecule has 6 nitrogen and oxygen atoms in total. The Kier molecular flexibility index (Phi) is 5.71. The molecule has 4 rings (SSSR count). The number of imide groups is 1. The van der Waals surface area contributed by atoms with Gasteiger partial charge in [-0.25, -0.2) is 14.1 Å². The average Bonchev–Trinajstić information content (AvgIpc) is 3.22. The molecule has 32 heavy (non-hydrogen) atoms. The van der Waals surface area contributed by atoms with E-state index in [9.17, 15) is 18.8 Å². The summed E-state index contributed by atoms with van der Waals surface area (Å²) in [5.41, 5.74) is 3.30. The number of nitrogens with zero attached hydrogens (tertiary/aromatic N) is 2. The normalized spacial score (nSPS) is 15.0. The SMILES string of the molecule is COC(=O)c1ccccc1-n1c(C)cc(/C=C2/SC(=O)N(c3ccccc3F)C2=O)c1C. The van der Waals surface area contributed by atoms with Crippen LogP contribution in [0.5, 0.6) is 0 Å². The Morgan fingerprint density at radius 3 is 2.38 bits per heavy atom. The first-order valence-corrected chi connectivity index (χ1v) is 10.5. The Morgan fingerprint density at radius 1 is 1.03 bits per heavy atom. The zero-order chi connectivity index (χ0) is 23.0. The lowest BCUT2D eigenvalue weighted by Gasteiger charge is -2.13. The first kappa shape index (κ1) is 21.6. The van der Waals surface area contributed by atoms with Gasteiger partial charge in [0.15, 0.2) is 0 Å². The maximum absolute atomic E-state index is 14.2. The minimum Gasteiger partial charge on any atom is -0.465 e. The third-order valence-corrected chi connectivity index (χ3v) is 6.06. The van der Waals surface area contributed by atoms with Gasteiger partial charge in [0.05, 0.1) is 29.0 Å². The summed E-state index contributed by atoms with van der Waals surface area (Å²) >= 11 is 0.760. The number of hydrogen-bond donors (Lipinski definition) is 0. The Hall–Kier alpha value is -3.65. The Labute approximate surface area is 188 Å². The number of hydrogen-bond acceptors (Lipinski definition) is 5. The molecule has 2 aromatic carbocycles. The summed E-state index contributed by atoms with van der Waals surface area (Å²) in [6.07, 6.45) is 1.62. The zero-order valence-corrected chi connectivity index (χ0v) is 18.4. The van der Waals surface area contributed by atoms with Crippen LogP contribution in [0.1, 0.15) is 27.3 Å². The van der Waals surface area contributed by atoms with Crippen LogP contribution in [0.25, 0.3) is 11.8 Å². The quantitative estimate of drug-likeness (QED) is 0.401. The van der Waals surface area contributed by atoms with Gasteiger partial charge in [0.25, 0.3) is 11.1 Å². The van der Waals surface area contributed by atoms with Gasteiger partial charge in [-0.15, -0.1) is 0 Å². The molecule has 3 aromatic rings. The first-order chi connectivity index (χ1) is 15.3. The Balaban J connectivity index is 1.75. The fourth-order valence-electron chi connectivity index (χ4n) is 3.71. The molecule has 0 unspecified atom stereocenters. The molecule has 2 heterocycles. The van der Waals surface area contributed by atoms with Crippen LogP contribution >= 0.6 is 11.8 Å². The number of aromatic nitrogens is 1. The standard InChI is InChI=1S/C24H19FN2O4S/c1-14-12-16(15(2)26(14)19-10-6-4-8-17(19)23(29)31-3)13-21-22(28)27(24(30)32-21)20-11-7-5-9-18(20)25/h4-13H,1-3H3/b21-13+. The number of aryl methyl sites for hydroxylation is 1. The number of methoxy groups -OCH3 is 1. The summed E-state index contributed by atoms with van der Waals surface area (Å²) in [6.45, 7) is 3.73. The van der Waals surface area contributed by atoms with Crippen LogP contribution in [0.2, 0.25) is 0 Å². The van der Waals surface area contributed by atoms with Gasteiger partial charge >= 0.3 is 5.97 Å². The number of halogens is 1. The minimum absolute atomic E-state index is 0.0733. The van der Waals surface area contributed by atoms with E-state index in [1.165, 1.54) is 25.3 Å². The van der Waals surface area contributed by atoms with Crippen molar-refractivity contribution in [2.24, 2.45) is 0 Å². The third kappa shape index (κ3) is 3.62. The second-order valence-electron chi connectivity index (χ2n) is 7.14. The molecule has 0 aliphatic carbocycles. The highest BCUT2D eigenvalue weighted by Crippen LogP contribution is 2.37. The Morgan fingerprint density at radius 2 is 1.69 bits per heavy atom. The fourth-order valence-corrected chi connectivity index (χ4v) is 4.53. The van der Waals surface area contributed by atoms with Gasteiger partial charge in [0, 0.05) is 11.4 Å². The molecule has 1 aliphatic heterocycles. The summed E-state index contributed by atoms with van der Waals surface area (Å²) in [5, 5.41) is -0.559. The van der Waals surface area contributed by atoms with Gasteiger partial charge in [0.1, 0.15) is 5.82 Å². The van der Waals surface area contributed by atoms with E-state index in [0.29, 0.717) is 16.8 Å². The second kappa shape index (κ2) is 8.47. The van der Waals surface area contributed by atoms with E-state index in [-0.39, 0.29) is 10.6 Å². The monoisotopic (exact) mass is 450 g/mol. The molecule has 1 aromatic heterocycles. The van der Waals surface area contributed by atoms with E-state index in [4.69, 9.17) is 4.74 Å². The van der Waals surface area contributed by atoms with Crippen LogP contribution in [-0.2, 0) is 9.53 Å². The van der Waals surface area contributed by atoms with Crippen molar-refractivity contribution >= 4 is 40.6 Å². The molecule has 0 bridgehead atoms. The number of para-hydroxylation sites is 2. The van der Waals surface area contributed by atoms with E-state index in [1.807, 2.05) is 36.6 Å². The van der Waals surface area contributed by atoms with Gasteiger partial charge < -0.3 is 9.30 Å². The van der Waals surface area contributed by atoms with Crippen molar-refractivity contribution in [1.82, 2.24) is 4.57 Å². The summed E-state index contributed by atoms with van der Waals surface area (Å²) in [5.74, 6) is -1.68. The minimum atomic E-state index is -0.645. The number of anilines is 1. The van der Waals surface area contributed by atoms with Crippen LogP contribution in [-0.4, -0.2) is 28.8 Å². The topological polar surface area (TPSA) is 68.6 Å². The predicted molar refractivity (Wildman–Crippen MR) is 121 cm³/mol. The lowest BCUT2D eigenvalue weighted by atomic mass is 10.1. The third-order valence-electron chi connectivity index (χ3n) is 5.19. The molecule has 1 saturated heterocycles. The van der Waals surface area contributed by atoms with Gasteiger partial charge in [-0.05, 0) is 67.6 Å². The lowest BCUT2D eigenvalue weighted by molar-refractivity contribution is -0.113.